The molecule has 0 radical (unpaired) electrons. The number of fused-ring (bicyclic) bond motifs is 6. The second-order valence-corrected chi connectivity index (χ2v) is 12.5. The van der Waals surface area contributed by atoms with Crippen molar-refractivity contribution in [3.63, 3.8) is 0 Å². The van der Waals surface area contributed by atoms with Gasteiger partial charge in [-0.15, -0.1) is 0 Å². The van der Waals surface area contributed by atoms with Crippen LogP contribution < -0.4 is 4.74 Å². The van der Waals surface area contributed by atoms with Crippen LogP contribution in [-0.4, -0.2) is 0 Å². The van der Waals surface area contributed by atoms with Gasteiger partial charge in [-0.05, 0) is 101 Å². The first kappa shape index (κ1) is 26.1. The molecule has 0 atom stereocenters. The van der Waals surface area contributed by atoms with Crippen LogP contribution >= 0.6 is 0 Å². The summed E-state index contributed by atoms with van der Waals surface area (Å²) in [5.74, 6) is 1.81. The highest BCUT2D eigenvalue weighted by molar-refractivity contribution is 6.20. The number of hydrogen-bond donors (Lipinski definition) is 0. The SMILES string of the molecule is c1ccc(-c2ccc3c4c(cccc24)-c2cc(-c4ccc(-c5c6ccccc6cc6c5ccc5ccccc56)cc4)ccc2O3)cc1. The quantitative estimate of drug-likeness (QED) is 0.146. The van der Waals surface area contributed by atoms with E-state index in [1.54, 1.807) is 0 Å². The Hall–Kier alpha value is -6.18. The summed E-state index contributed by atoms with van der Waals surface area (Å²) in [6.45, 7) is 0. The standard InChI is InChI=1S/C46H28O/c1-2-9-30(10-3-1)36-24-26-44-46-38(36)15-8-16-39(46)42-27-33(22-25-43(42)47-44)29-17-19-32(20-18-29)45-37-14-7-5-12-34(37)28-41-35-13-6-4-11-31(35)21-23-40(41)45/h1-28H. The van der Waals surface area contributed by atoms with E-state index in [2.05, 4.69) is 170 Å². The molecular formula is C46H28O. The van der Waals surface area contributed by atoms with E-state index in [9.17, 15) is 0 Å². The van der Waals surface area contributed by atoms with Crippen molar-refractivity contribution in [1.29, 1.82) is 0 Å². The molecule has 1 heterocycles. The zero-order valence-electron chi connectivity index (χ0n) is 25.6. The fraction of sp³-hybridized carbons (Fsp3) is 0. The molecule has 10 rings (SSSR count). The van der Waals surface area contributed by atoms with Gasteiger partial charge < -0.3 is 4.74 Å². The summed E-state index contributed by atoms with van der Waals surface area (Å²) < 4.78 is 6.52. The van der Waals surface area contributed by atoms with Crippen LogP contribution in [0, 0.1) is 0 Å². The Bertz CT molecular complexity index is 2680. The minimum atomic E-state index is 0.896. The lowest BCUT2D eigenvalue weighted by molar-refractivity contribution is 0.487. The van der Waals surface area contributed by atoms with Crippen molar-refractivity contribution in [1.82, 2.24) is 0 Å². The van der Waals surface area contributed by atoms with Crippen LogP contribution in [0.4, 0.5) is 0 Å². The summed E-state index contributed by atoms with van der Waals surface area (Å²) in [6.07, 6.45) is 0. The van der Waals surface area contributed by atoms with Crippen molar-refractivity contribution >= 4 is 43.1 Å². The second kappa shape index (κ2) is 10.2. The minimum Gasteiger partial charge on any atom is -0.456 e. The molecule has 0 saturated heterocycles. The number of benzene rings is 9. The Labute approximate surface area is 272 Å². The van der Waals surface area contributed by atoms with Crippen LogP contribution in [0.15, 0.2) is 170 Å². The molecule has 0 spiro atoms. The van der Waals surface area contributed by atoms with Crippen molar-refractivity contribution in [2.45, 2.75) is 0 Å². The molecule has 1 heteroatoms. The van der Waals surface area contributed by atoms with Crippen molar-refractivity contribution in [2.24, 2.45) is 0 Å². The second-order valence-electron chi connectivity index (χ2n) is 12.5. The van der Waals surface area contributed by atoms with Gasteiger partial charge in [0, 0.05) is 10.9 Å². The fourth-order valence-electron chi connectivity index (χ4n) is 7.64. The van der Waals surface area contributed by atoms with E-state index in [1.165, 1.54) is 82.0 Å². The van der Waals surface area contributed by atoms with Crippen LogP contribution in [-0.2, 0) is 0 Å². The third-order valence-corrected chi connectivity index (χ3v) is 9.85. The van der Waals surface area contributed by atoms with Crippen molar-refractivity contribution in [2.75, 3.05) is 0 Å². The van der Waals surface area contributed by atoms with Crippen LogP contribution in [0.1, 0.15) is 0 Å². The van der Waals surface area contributed by atoms with Crippen molar-refractivity contribution in [3.8, 4) is 56.0 Å². The monoisotopic (exact) mass is 596 g/mol. The lowest BCUT2D eigenvalue weighted by Crippen LogP contribution is -1.98. The van der Waals surface area contributed by atoms with Gasteiger partial charge in [-0.3, -0.25) is 0 Å². The van der Waals surface area contributed by atoms with E-state index in [1.807, 2.05) is 0 Å². The maximum Gasteiger partial charge on any atom is 0.135 e. The van der Waals surface area contributed by atoms with Crippen LogP contribution in [0.2, 0.25) is 0 Å². The molecule has 0 saturated carbocycles. The summed E-state index contributed by atoms with van der Waals surface area (Å²) in [5.41, 5.74) is 9.63. The molecule has 1 aliphatic rings. The Kier molecular flexibility index (Phi) is 5.64. The van der Waals surface area contributed by atoms with E-state index < -0.39 is 0 Å². The first-order valence-electron chi connectivity index (χ1n) is 16.2. The van der Waals surface area contributed by atoms with Gasteiger partial charge >= 0.3 is 0 Å². The Morgan fingerprint density at radius 3 is 1.87 bits per heavy atom. The number of rotatable bonds is 3. The van der Waals surface area contributed by atoms with Crippen LogP contribution in [0.25, 0.3) is 87.6 Å². The molecule has 0 unspecified atom stereocenters. The van der Waals surface area contributed by atoms with Crippen molar-refractivity contribution in [3.05, 3.63) is 170 Å². The van der Waals surface area contributed by atoms with E-state index in [-0.39, 0.29) is 0 Å². The molecule has 1 aliphatic heterocycles. The molecule has 0 N–H and O–H groups in total. The molecule has 0 amide bonds. The Morgan fingerprint density at radius 1 is 0.298 bits per heavy atom. The largest absolute Gasteiger partial charge is 0.456 e. The van der Waals surface area contributed by atoms with E-state index in [0.29, 0.717) is 0 Å². The normalized spacial score (nSPS) is 12.0. The predicted octanol–water partition coefficient (Wildman–Crippen LogP) is 13.1. The van der Waals surface area contributed by atoms with E-state index >= 15 is 0 Å². The zero-order valence-corrected chi connectivity index (χ0v) is 25.6. The van der Waals surface area contributed by atoms with E-state index in [4.69, 9.17) is 4.74 Å². The average Bonchev–Trinajstić information content (AvgIpc) is 3.14. The maximum atomic E-state index is 6.52. The van der Waals surface area contributed by atoms with Gasteiger partial charge in [0.25, 0.3) is 0 Å². The van der Waals surface area contributed by atoms with Gasteiger partial charge in [0.1, 0.15) is 11.5 Å². The topological polar surface area (TPSA) is 9.23 Å². The highest BCUT2D eigenvalue weighted by Crippen LogP contribution is 2.49. The van der Waals surface area contributed by atoms with Crippen LogP contribution in [0.5, 0.6) is 11.5 Å². The smallest absolute Gasteiger partial charge is 0.135 e. The summed E-state index contributed by atoms with van der Waals surface area (Å²) >= 11 is 0. The molecule has 0 aromatic heterocycles. The first-order valence-corrected chi connectivity index (χ1v) is 16.2. The predicted molar refractivity (Wildman–Crippen MR) is 198 cm³/mol. The lowest BCUT2D eigenvalue weighted by Gasteiger charge is -2.23. The molecule has 47 heavy (non-hydrogen) atoms. The fourth-order valence-corrected chi connectivity index (χ4v) is 7.64. The molecule has 9 aromatic carbocycles. The summed E-state index contributed by atoms with van der Waals surface area (Å²) in [7, 11) is 0. The van der Waals surface area contributed by atoms with Gasteiger partial charge in [-0.1, -0.05) is 146 Å². The van der Waals surface area contributed by atoms with Gasteiger partial charge in [0.2, 0.25) is 0 Å². The average molecular weight is 597 g/mol. The van der Waals surface area contributed by atoms with Gasteiger partial charge in [0.15, 0.2) is 0 Å². The van der Waals surface area contributed by atoms with E-state index in [0.717, 1.165) is 17.1 Å². The van der Waals surface area contributed by atoms with Crippen LogP contribution in [0.3, 0.4) is 0 Å². The third-order valence-electron chi connectivity index (χ3n) is 9.85. The molecule has 0 aliphatic carbocycles. The highest BCUT2D eigenvalue weighted by atomic mass is 16.5. The van der Waals surface area contributed by atoms with Gasteiger partial charge in [-0.2, -0.15) is 0 Å². The first-order chi connectivity index (χ1) is 23.3. The third kappa shape index (κ3) is 4.03. The van der Waals surface area contributed by atoms with Crippen molar-refractivity contribution < 1.29 is 4.74 Å². The molecular weight excluding hydrogens is 569 g/mol. The lowest BCUT2D eigenvalue weighted by atomic mass is 9.88. The summed E-state index contributed by atoms with van der Waals surface area (Å²) in [5, 5.41) is 10.0. The summed E-state index contributed by atoms with van der Waals surface area (Å²) in [4.78, 5) is 0. The molecule has 9 aromatic rings. The molecule has 218 valence electrons. The summed E-state index contributed by atoms with van der Waals surface area (Å²) in [6, 6.07) is 61.5. The van der Waals surface area contributed by atoms with Gasteiger partial charge in [0.05, 0.1) is 0 Å². The minimum absolute atomic E-state index is 0.896. The highest BCUT2D eigenvalue weighted by Gasteiger charge is 2.22. The Morgan fingerprint density at radius 2 is 1.00 bits per heavy atom. The number of ether oxygens (including phenoxy) is 1. The molecule has 0 fully saturated rings. The molecule has 0 bridgehead atoms. The zero-order chi connectivity index (χ0) is 30.9. The molecule has 1 nitrogen and oxygen atoms in total. The maximum absolute atomic E-state index is 6.52. The van der Waals surface area contributed by atoms with Gasteiger partial charge in [-0.25, -0.2) is 0 Å². The number of hydrogen-bond acceptors (Lipinski definition) is 1. The Balaban J connectivity index is 1.10.